The van der Waals surface area contributed by atoms with E-state index in [1.54, 1.807) is 11.8 Å². The summed E-state index contributed by atoms with van der Waals surface area (Å²) in [5, 5.41) is 5.78. The molecule has 0 saturated carbocycles. The number of amides is 2. The summed E-state index contributed by atoms with van der Waals surface area (Å²) in [5.74, 6) is 1.51. The molecule has 1 aliphatic rings. The lowest BCUT2D eigenvalue weighted by molar-refractivity contribution is -0.125. The normalized spacial score (nSPS) is 24.2. The number of hydrogen-bond acceptors (Lipinski definition) is 3. The van der Waals surface area contributed by atoms with Crippen molar-refractivity contribution in [3.05, 3.63) is 12.7 Å². The Morgan fingerprint density at radius 2 is 1.88 bits per heavy atom. The maximum Gasteiger partial charge on any atom is 0.243 e. The Labute approximate surface area is 100 Å². The number of nitrogens with one attached hydrogen (secondary N) is 2. The highest BCUT2D eigenvalue weighted by molar-refractivity contribution is 7.99. The van der Waals surface area contributed by atoms with E-state index in [4.69, 9.17) is 0 Å². The van der Waals surface area contributed by atoms with Crippen molar-refractivity contribution in [2.24, 2.45) is 5.92 Å². The Balaban J connectivity index is 2.49. The number of thioether (sulfide) groups is 1. The first-order valence-corrected chi connectivity index (χ1v) is 6.51. The summed E-state index contributed by atoms with van der Waals surface area (Å²) in [5.41, 5.74) is 0. The zero-order valence-corrected chi connectivity index (χ0v) is 10.5. The van der Waals surface area contributed by atoms with E-state index in [1.807, 2.05) is 13.8 Å². The van der Waals surface area contributed by atoms with Gasteiger partial charge in [0.2, 0.25) is 11.8 Å². The van der Waals surface area contributed by atoms with E-state index >= 15 is 0 Å². The van der Waals surface area contributed by atoms with Crippen LogP contribution in [-0.2, 0) is 9.59 Å². The van der Waals surface area contributed by atoms with Crippen molar-refractivity contribution >= 4 is 23.6 Å². The van der Waals surface area contributed by atoms with E-state index in [0.29, 0.717) is 0 Å². The second-order valence-corrected chi connectivity index (χ2v) is 5.20. The minimum absolute atomic E-state index is 0.0122. The molecular formula is C11H18N2O2S. The van der Waals surface area contributed by atoms with Gasteiger partial charge in [-0.25, -0.2) is 0 Å². The van der Waals surface area contributed by atoms with Crippen LogP contribution in [0.2, 0.25) is 0 Å². The molecule has 1 heterocycles. The van der Waals surface area contributed by atoms with Crippen molar-refractivity contribution in [2.45, 2.75) is 25.9 Å². The SMILES string of the molecule is C=CC(=O)NC1CSCC1NC(=O)C(C)C. The van der Waals surface area contributed by atoms with Gasteiger partial charge in [-0.1, -0.05) is 20.4 Å². The van der Waals surface area contributed by atoms with Gasteiger partial charge < -0.3 is 10.6 Å². The molecule has 0 aromatic heterocycles. The molecule has 2 atom stereocenters. The third kappa shape index (κ3) is 3.56. The molecule has 1 fully saturated rings. The summed E-state index contributed by atoms with van der Waals surface area (Å²) < 4.78 is 0. The van der Waals surface area contributed by atoms with Gasteiger partial charge in [0.25, 0.3) is 0 Å². The van der Waals surface area contributed by atoms with Gasteiger partial charge in [-0.15, -0.1) is 0 Å². The minimum atomic E-state index is -0.184. The van der Waals surface area contributed by atoms with Crippen molar-refractivity contribution in [1.82, 2.24) is 10.6 Å². The summed E-state index contributed by atoms with van der Waals surface area (Å²) in [7, 11) is 0. The number of carbonyl (C=O) groups excluding carboxylic acids is 2. The molecule has 0 spiro atoms. The van der Waals surface area contributed by atoms with Crippen molar-refractivity contribution in [3.8, 4) is 0 Å². The standard InChI is InChI=1S/C11H18N2O2S/c1-4-10(14)12-8-5-16-6-9(8)13-11(15)7(2)3/h4,7-9H,1,5-6H2,2-3H3,(H,12,14)(H,13,15). The highest BCUT2D eigenvalue weighted by Gasteiger charge is 2.30. The summed E-state index contributed by atoms with van der Waals surface area (Å²) >= 11 is 1.73. The minimum Gasteiger partial charge on any atom is -0.350 e. The maximum atomic E-state index is 11.5. The number of hydrogen-bond donors (Lipinski definition) is 2. The van der Waals surface area contributed by atoms with Crippen molar-refractivity contribution in [3.63, 3.8) is 0 Å². The highest BCUT2D eigenvalue weighted by Crippen LogP contribution is 2.18. The third-order valence-electron chi connectivity index (χ3n) is 2.45. The van der Waals surface area contributed by atoms with Crippen LogP contribution < -0.4 is 10.6 Å². The zero-order valence-electron chi connectivity index (χ0n) is 9.66. The quantitative estimate of drug-likeness (QED) is 0.708. The van der Waals surface area contributed by atoms with Gasteiger partial charge >= 0.3 is 0 Å². The van der Waals surface area contributed by atoms with Crippen LogP contribution in [-0.4, -0.2) is 35.4 Å². The lowest BCUT2D eigenvalue weighted by atomic mass is 10.1. The predicted molar refractivity (Wildman–Crippen MR) is 66.2 cm³/mol. The van der Waals surface area contributed by atoms with Gasteiger partial charge in [0.1, 0.15) is 0 Å². The lowest BCUT2D eigenvalue weighted by Gasteiger charge is -2.21. The van der Waals surface area contributed by atoms with Gasteiger partial charge in [0.15, 0.2) is 0 Å². The fraction of sp³-hybridized carbons (Fsp3) is 0.636. The Morgan fingerprint density at radius 1 is 1.31 bits per heavy atom. The number of rotatable bonds is 4. The van der Waals surface area contributed by atoms with Gasteiger partial charge in [-0.3, -0.25) is 9.59 Å². The van der Waals surface area contributed by atoms with Gasteiger partial charge in [-0.05, 0) is 6.08 Å². The summed E-state index contributed by atoms with van der Waals surface area (Å²) in [6, 6.07) is 0.0435. The Bertz CT molecular complexity index is 292. The highest BCUT2D eigenvalue weighted by atomic mass is 32.2. The van der Waals surface area contributed by atoms with E-state index in [-0.39, 0.29) is 29.8 Å². The molecule has 2 unspecified atom stereocenters. The second-order valence-electron chi connectivity index (χ2n) is 4.13. The Kier molecular flexibility index (Phi) is 4.86. The first-order chi connectivity index (χ1) is 7.54. The monoisotopic (exact) mass is 242 g/mol. The van der Waals surface area contributed by atoms with Crippen LogP contribution >= 0.6 is 11.8 Å². The second kappa shape index (κ2) is 5.94. The van der Waals surface area contributed by atoms with Crippen LogP contribution in [0.3, 0.4) is 0 Å². The summed E-state index contributed by atoms with van der Waals surface area (Å²) in [6.45, 7) is 7.12. The van der Waals surface area contributed by atoms with Crippen LogP contribution in [0.5, 0.6) is 0 Å². The van der Waals surface area contributed by atoms with Crippen molar-refractivity contribution in [2.75, 3.05) is 11.5 Å². The molecule has 90 valence electrons. The molecule has 5 heteroatoms. The van der Waals surface area contributed by atoms with Crippen LogP contribution in [0.4, 0.5) is 0 Å². The molecule has 1 saturated heterocycles. The van der Waals surface area contributed by atoms with Crippen LogP contribution in [0.25, 0.3) is 0 Å². The fourth-order valence-electron chi connectivity index (χ4n) is 1.43. The molecule has 4 nitrogen and oxygen atoms in total. The van der Waals surface area contributed by atoms with E-state index < -0.39 is 0 Å². The molecule has 0 radical (unpaired) electrons. The predicted octanol–water partition coefficient (Wildman–Crippen LogP) is 0.545. The smallest absolute Gasteiger partial charge is 0.243 e. The first-order valence-electron chi connectivity index (χ1n) is 5.35. The maximum absolute atomic E-state index is 11.5. The first kappa shape index (κ1) is 13.1. The van der Waals surface area contributed by atoms with E-state index in [9.17, 15) is 9.59 Å². The molecule has 16 heavy (non-hydrogen) atoms. The van der Waals surface area contributed by atoms with Crippen LogP contribution in [0, 0.1) is 5.92 Å². The van der Waals surface area contributed by atoms with Crippen molar-refractivity contribution in [1.29, 1.82) is 0 Å². The molecular weight excluding hydrogens is 224 g/mol. The van der Waals surface area contributed by atoms with Gasteiger partial charge in [0, 0.05) is 17.4 Å². The molecule has 0 bridgehead atoms. The molecule has 0 aromatic rings. The topological polar surface area (TPSA) is 58.2 Å². The van der Waals surface area contributed by atoms with E-state index in [2.05, 4.69) is 17.2 Å². The summed E-state index contributed by atoms with van der Waals surface area (Å²) in [4.78, 5) is 22.7. The molecule has 2 amide bonds. The Morgan fingerprint density at radius 3 is 2.38 bits per heavy atom. The molecule has 1 rings (SSSR count). The molecule has 0 aliphatic carbocycles. The molecule has 2 N–H and O–H groups in total. The summed E-state index contributed by atoms with van der Waals surface area (Å²) in [6.07, 6.45) is 1.25. The average Bonchev–Trinajstić information content (AvgIpc) is 2.65. The van der Waals surface area contributed by atoms with E-state index in [0.717, 1.165) is 11.5 Å². The van der Waals surface area contributed by atoms with Gasteiger partial charge in [0.05, 0.1) is 12.1 Å². The van der Waals surface area contributed by atoms with Crippen LogP contribution in [0.15, 0.2) is 12.7 Å². The zero-order chi connectivity index (χ0) is 12.1. The average molecular weight is 242 g/mol. The molecule has 0 aromatic carbocycles. The van der Waals surface area contributed by atoms with Crippen LogP contribution in [0.1, 0.15) is 13.8 Å². The van der Waals surface area contributed by atoms with Crippen molar-refractivity contribution < 1.29 is 9.59 Å². The fourth-order valence-corrected chi connectivity index (χ4v) is 2.71. The van der Waals surface area contributed by atoms with Gasteiger partial charge in [-0.2, -0.15) is 11.8 Å². The Hall–Kier alpha value is -0.970. The lowest BCUT2D eigenvalue weighted by Crippen LogP contribution is -2.51. The largest absolute Gasteiger partial charge is 0.350 e. The number of carbonyl (C=O) groups is 2. The van der Waals surface area contributed by atoms with E-state index in [1.165, 1.54) is 6.08 Å². The third-order valence-corrected chi connectivity index (χ3v) is 3.64. The molecule has 1 aliphatic heterocycles.